The summed E-state index contributed by atoms with van der Waals surface area (Å²) >= 11 is 0. The molecule has 114 valence electrons. The van der Waals surface area contributed by atoms with Gasteiger partial charge in [0.1, 0.15) is 0 Å². The number of aromatic nitrogens is 1. The summed E-state index contributed by atoms with van der Waals surface area (Å²) in [6.07, 6.45) is 1.00. The van der Waals surface area contributed by atoms with Crippen LogP contribution in [0.5, 0.6) is 0 Å². The second kappa shape index (κ2) is 7.81. The number of nitrogens with two attached hydrogens (primary N) is 1. The van der Waals surface area contributed by atoms with Crippen LogP contribution in [0.4, 0.5) is 0 Å². The molecular weight excluding hydrogens is 297 g/mol. The van der Waals surface area contributed by atoms with Crippen LogP contribution in [0.3, 0.4) is 0 Å². The number of nitrogens with zero attached hydrogens (tertiary/aromatic N) is 2. The minimum atomic E-state index is 0. The number of pyridine rings is 1. The topological polar surface area (TPSA) is 59.2 Å². The maximum Gasteiger partial charge on any atom is 0.255 e. The van der Waals surface area contributed by atoms with Gasteiger partial charge in [-0.05, 0) is 45.2 Å². The van der Waals surface area contributed by atoms with E-state index in [1.54, 1.807) is 0 Å². The van der Waals surface area contributed by atoms with E-state index >= 15 is 0 Å². The van der Waals surface area contributed by atoms with Gasteiger partial charge in [0.15, 0.2) is 0 Å². The van der Waals surface area contributed by atoms with Crippen LogP contribution in [-0.2, 0) is 0 Å². The molecular formula is C14H23Cl2N3O. The van der Waals surface area contributed by atoms with E-state index < -0.39 is 0 Å². The number of carbonyl (C=O) groups excluding carboxylic acids is 1. The first-order chi connectivity index (χ1) is 8.49. The standard InChI is InChI=1S/C14H21N3O.2ClH/c1-9-4-5-13(11(3)16-9)14(18)17-7-6-12(8-17)10(2)15;;/h4-5,10,12H,6-8,15H2,1-3H3;2*1H. The molecule has 1 fully saturated rings. The average Bonchev–Trinajstić information content (AvgIpc) is 2.77. The van der Waals surface area contributed by atoms with Crippen LogP contribution in [0.1, 0.15) is 35.1 Å². The van der Waals surface area contributed by atoms with Gasteiger partial charge >= 0.3 is 0 Å². The van der Waals surface area contributed by atoms with Crippen molar-refractivity contribution in [3.63, 3.8) is 0 Å². The molecule has 20 heavy (non-hydrogen) atoms. The van der Waals surface area contributed by atoms with Crippen molar-refractivity contribution in [2.45, 2.75) is 33.2 Å². The average molecular weight is 320 g/mol. The Hall–Kier alpha value is -0.840. The van der Waals surface area contributed by atoms with Gasteiger partial charge in [0, 0.05) is 24.8 Å². The monoisotopic (exact) mass is 319 g/mol. The van der Waals surface area contributed by atoms with Gasteiger partial charge in [-0.1, -0.05) is 0 Å². The van der Waals surface area contributed by atoms with Gasteiger partial charge in [0.2, 0.25) is 0 Å². The normalized spacial score (nSPS) is 19.0. The maximum atomic E-state index is 12.4. The van der Waals surface area contributed by atoms with Gasteiger partial charge in [-0.2, -0.15) is 0 Å². The van der Waals surface area contributed by atoms with Crippen LogP contribution in [0.2, 0.25) is 0 Å². The maximum absolute atomic E-state index is 12.4. The van der Waals surface area contributed by atoms with E-state index in [1.165, 1.54) is 0 Å². The second-order valence-corrected chi connectivity index (χ2v) is 5.24. The van der Waals surface area contributed by atoms with Gasteiger partial charge < -0.3 is 10.6 Å². The molecule has 2 N–H and O–H groups in total. The van der Waals surface area contributed by atoms with Crippen molar-refractivity contribution in [1.29, 1.82) is 0 Å². The third-order valence-corrected chi connectivity index (χ3v) is 3.71. The minimum absolute atomic E-state index is 0. The Morgan fingerprint density at radius 2 is 2.05 bits per heavy atom. The van der Waals surface area contributed by atoms with Crippen molar-refractivity contribution >= 4 is 30.7 Å². The van der Waals surface area contributed by atoms with Crippen LogP contribution in [-0.4, -0.2) is 34.9 Å². The molecule has 4 nitrogen and oxygen atoms in total. The molecule has 2 rings (SSSR count). The third kappa shape index (κ3) is 4.08. The smallest absolute Gasteiger partial charge is 0.255 e. The van der Waals surface area contributed by atoms with Gasteiger partial charge in [-0.3, -0.25) is 9.78 Å². The predicted molar refractivity (Wildman–Crippen MR) is 85.9 cm³/mol. The van der Waals surface area contributed by atoms with Gasteiger partial charge in [0.25, 0.3) is 5.91 Å². The predicted octanol–water partition coefficient (Wildman–Crippen LogP) is 2.35. The fourth-order valence-electron chi connectivity index (χ4n) is 2.48. The molecule has 2 atom stereocenters. The number of rotatable bonds is 2. The first-order valence-corrected chi connectivity index (χ1v) is 6.48. The highest BCUT2D eigenvalue weighted by Crippen LogP contribution is 2.21. The molecule has 0 saturated carbocycles. The number of hydrogen-bond acceptors (Lipinski definition) is 3. The van der Waals surface area contributed by atoms with Gasteiger partial charge in [-0.15, -0.1) is 24.8 Å². The Balaban J connectivity index is 0.00000180. The zero-order valence-electron chi connectivity index (χ0n) is 12.1. The van der Waals surface area contributed by atoms with Crippen LogP contribution in [0.15, 0.2) is 12.1 Å². The third-order valence-electron chi connectivity index (χ3n) is 3.71. The van der Waals surface area contributed by atoms with E-state index in [-0.39, 0.29) is 36.8 Å². The summed E-state index contributed by atoms with van der Waals surface area (Å²) in [5.74, 6) is 0.510. The lowest BCUT2D eigenvalue weighted by atomic mass is 10.0. The summed E-state index contributed by atoms with van der Waals surface area (Å²) in [5, 5.41) is 0. The minimum Gasteiger partial charge on any atom is -0.338 e. The molecule has 2 heterocycles. The lowest BCUT2D eigenvalue weighted by molar-refractivity contribution is 0.0784. The van der Waals surface area contributed by atoms with Crippen LogP contribution in [0.25, 0.3) is 0 Å². The van der Waals surface area contributed by atoms with Gasteiger partial charge in [0.05, 0.1) is 11.3 Å². The molecule has 0 bridgehead atoms. The SMILES string of the molecule is Cc1ccc(C(=O)N2CCC(C(C)N)C2)c(C)n1.Cl.Cl. The van der Waals surface area contributed by atoms with Crippen molar-refractivity contribution in [2.75, 3.05) is 13.1 Å². The summed E-state index contributed by atoms with van der Waals surface area (Å²) in [6.45, 7) is 7.40. The highest BCUT2D eigenvalue weighted by molar-refractivity contribution is 5.95. The number of hydrogen-bond donors (Lipinski definition) is 1. The van der Waals surface area contributed by atoms with Crippen LogP contribution >= 0.6 is 24.8 Å². The van der Waals surface area contributed by atoms with E-state index in [0.717, 1.165) is 30.9 Å². The van der Waals surface area contributed by atoms with Crippen LogP contribution < -0.4 is 5.73 Å². The van der Waals surface area contributed by atoms with Crippen molar-refractivity contribution in [3.05, 3.63) is 29.1 Å². The number of carbonyl (C=O) groups is 1. The number of likely N-dealkylation sites (tertiary alicyclic amines) is 1. The lowest BCUT2D eigenvalue weighted by Crippen LogP contribution is -2.33. The first kappa shape index (κ1) is 19.2. The Morgan fingerprint density at radius 3 is 2.55 bits per heavy atom. The molecule has 1 aromatic rings. The van der Waals surface area contributed by atoms with E-state index in [4.69, 9.17) is 5.73 Å². The Bertz CT molecular complexity index is 466. The van der Waals surface area contributed by atoms with Crippen molar-refractivity contribution in [1.82, 2.24) is 9.88 Å². The zero-order chi connectivity index (χ0) is 13.3. The number of aryl methyl sites for hydroxylation is 2. The summed E-state index contributed by atoms with van der Waals surface area (Å²) in [7, 11) is 0. The molecule has 1 aliphatic heterocycles. The molecule has 1 aromatic heterocycles. The molecule has 0 radical (unpaired) electrons. The first-order valence-electron chi connectivity index (χ1n) is 6.48. The Labute approximate surface area is 132 Å². The molecule has 2 unspecified atom stereocenters. The number of halogens is 2. The molecule has 0 spiro atoms. The molecule has 1 saturated heterocycles. The van der Waals surface area contributed by atoms with Crippen molar-refractivity contribution in [2.24, 2.45) is 11.7 Å². The fraction of sp³-hybridized carbons (Fsp3) is 0.571. The van der Waals surface area contributed by atoms with E-state index in [1.807, 2.05) is 37.8 Å². The summed E-state index contributed by atoms with van der Waals surface area (Å²) in [4.78, 5) is 18.6. The number of amides is 1. The second-order valence-electron chi connectivity index (χ2n) is 5.24. The van der Waals surface area contributed by atoms with Gasteiger partial charge in [-0.25, -0.2) is 0 Å². The largest absolute Gasteiger partial charge is 0.338 e. The summed E-state index contributed by atoms with van der Waals surface area (Å²) < 4.78 is 0. The lowest BCUT2D eigenvalue weighted by Gasteiger charge is -2.19. The van der Waals surface area contributed by atoms with Crippen LogP contribution in [0, 0.1) is 19.8 Å². The van der Waals surface area contributed by atoms with Crippen molar-refractivity contribution < 1.29 is 4.79 Å². The van der Waals surface area contributed by atoms with E-state index in [2.05, 4.69) is 4.98 Å². The summed E-state index contributed by atoms with van der Waals surface area (Å²) in [5.41, 5.74) is 8.36. The fourth-order valence-corrected chi connectivity index (χ4v) is 2.48. The molecule has 0 aliphatic carbocycles. The zero-order valence-corrected chi connectivity index (χ0v) is 13.8. The Kier molecular flexibility index (Phi) is 7.49. The molecule has 1 amide bonds. The quantitative estimate of drug-likeness (QED) is 0.910. The molecule has 0 aromatic carbocycles. The highest BCUT2D eigenvalue weighted by atomic mass is 35.5. The Morgan fingerprint density at radius 1 is 1.40 bits per heavy atom. The molecule has 1 aliphatic rings. The van der Waals surface area contributed by atoms with Crippen molar-refractivity contribution in [3.8, 4) is 0 Å². The summed E-state index contributed by atoms with van der Waals surface area (Å²) in [6, 6.07) is 3.92. The van der Waals surface area contributed by atoms with E-state index in [0.29, 0.717) is 11.5 Å². The molecule has 6 heteroatoms. The highest BCUT2D eigenvalue weighted by Gasteiger charge is 2.29. The van der Waals surface area contributed by atoms with E-state index in [9.17, 15) is 4.79 Å².